The summed E-state index contributed by atoms with van der Waals surface area (Å²) in [4.78, 5) is 3.37. The molecule has 140 valence electrons. The lowest BCUT2D eigenvalue weighted by Crippen LogP contribution is -2.02. The summed E-state index contributed by atoms with van der Waals surface area (Å²) in [5.41, 5.74) is 1.36. The Hall–Kier alpha value is -2.41. The molecule has 0 aliphatic heterocycles. The fourth-order valence-electron chi connectivity index (χ4n) is 2.80. The molecule has 0 aromatic heterocycles. The Morgan fingerprint density at radius 2 is 1.74 bits per heavy atom. The largest absolute Gasteiger partial charge is 0.206 e. The lowest BCUT2D eigenvalue weighted by atomic mass is 9.92. The number of nitrogens with zero attached hydrogens (tertiary/aromatic N) is 1. The van der Waals surface area contributed by atoms with Crippen LogP contribution < -0.4 is 0 Å². The second-order valence-electron chi connectivity index (χ2n) is 6.50. The second-order valence-corrected chi connectivity index (χ2v) is 6.68. The number of hydrogen-bond acceptors (Lipinski definition) is 2. The van der Waals surface area contributed by atoms with E-state index in [2.05, 4.69) is 36.0 Å². The van der Waals surface area contributed by atoms with Crippen LogP contribution in [0.3, 0.4) is 0 Å². The first-order valence-electron chi connectivity index (χ1n) is 8.79. The number of isothiocyanates is 1. The molecule has 27 heavy (non-hydrogen) atoms. The van der Waals surface area contributed by atoms with Gasteiger partial charge in [0.15, 0.2) is 11.6 Å². The number of aliphatic imine (C=N–C) groups is 1. The third-order valence-electron chi connectivity index (χ3n) is 4.15. The summed E-state index contributed by atoms with van der Waals surface area (Å²) in [5.74, 6) is 3.51. The van der Waals surface area contributed by atoms with Crippen molar-refractivity contribution in [1.82, 2.24) is 0 Å². The zero-order chi connectivity index (χ0) is 20.0. The number of thiocarbonyl (C=S) groups is 1. The molecule has 0 heterocycles. The fourth-order valence-corrected chi connectivity index (χ4v) is 2.89. The van der Waals surface area contributed by atoms with Gasteiger partial charge in [-0.05, 0) is 54.7 Å². The van der Waals surface area contributed by atoms with Crippen molar-refractivity contribution in [2.45, 2.75) is 46.0 Å². The highest BCUT2D eigenvalue weighted by Crippen LogP contribution is 2.27. The summed E-state index contributed by atoms with van der Waals surface area (Å²) in [6.45, 7) is 5.85. The smallest absolute Gasteiger partial charge is 0.153 e. The lowest BCUT2D eigenvalue weighted by molar-refractivity contribution is 0.576. The Bertz CT molecular complexity index is 925. The molecule has 1 nitrogen and oxygen atoms in total. The molecular formula is C22H20F3NS. The van der Waals surface area contributed by atoms with Crippen molar-refractivity contribution in [2.75, 3.05) is 0 Å². The third-order valence-corrected chi connectivity index (χ3v) is 4.24. The molecule has 0 amide bonds. The van der Waals surface area contributed by atoms with Gasteiger partial charge in [-0.3, -0.25) is 0 Å². The minimum absolute atomic E-state index is 0.0661. The average Bonchev–Trinajstić information content (AvgIpc) is 2.61. The first-order valence-corrected chi connectivity index (χ1v) is 9.20. The Kier molecular flexibility index (Phi) is 7.36. The molecule has 0 atom stereocenters. The molecule has 2 aromatic rings. The van der Waals surface area contributed by atoms with E-state index < -0.39 is 17.3 Å². The second kappa shape index (κ2) is 9.50. The molecule has 0 saturated heterocycles. The van der Waals surface area contributed by atoms with E-state index >= 15 is 0 Å². The maximum Gasteiger partial charge on any atom is 0.153 e. The predicted molar refractivity (Wildman–Crippen MR) is 106 cm³/mol. The first kappa shape index (κ1) is 20.9. The van der Waals surface area contributed by atoms with Crippen LogP contribution in [0.5, 0.6) is 0 Å². The molecular weight excluding hydrogens is 367 g/mol. The number of aryl methyl sites for hydroxylation is 1. The summed E-state index contributed by atoms with van der Waals surface area (Å²) in [6, 6.07) is 5.65. The summed E-state index contributed by atoms with van der Waals surface area (Å²) < 4.78 is 42.7. The lowest BCUT2D eigenvalue weighted by Gasteiger charge is -2.13. The molecule has 2 rings (SSSR count). The van der Waals surface area contributed by atoms with Gasteiger partial charge in [0, 0.05) is 16.7 Å². The summed E-state index contributed by atoms with van der Waals surface area (Å²) in [5, 5.41) is 1.94. The van der Waals surface area contributed by atoms with Crippen LogP contribution in [0, 0.1) is 29.3 Å². The van der Waals surface area contributed by atoms with Gasteiger partial charge < -0.3 is 0 Å². The van der Waals surface area contributed by atoms with Crippen molar-refractivity contribution in [3.63, 3.8) is 0 Å². The van der Waals surface area contributed by atoms with Gasteiger partial charge in [-0.15, -0.1) is 0 Å². The normalized spacial score (nSPS) is 10.3. The van der Waals surface area contributed by atoms with Crippen molar-refractivity contribution in [1.29, 1.82) is 0 Å². The zero-order valence-electron chi connectivity index (χ0n) is 15.5. The summed E-state index contributed by atoms with van der Waals surface area (Å²) in [6.07, 6.45) is 2.57. The van der Waals surface area contributed by atoms with E-state index in [0.29, 0.717) is 23.1 Å². The minimum atomic E-state index is -0.873. The van der Waals surface area contributed by atoms with Gasteiger partial charge in [-0.25, -0.2) is 13.2 Å². The summed E-state index contributed by atoms with van der Waals surface area (Å²) in [7, 11) is 0. The van der Waals surface area contributed by atoms with Crippen LogP contribution in [0.25, 0.3) is 0 Å². The summed E-state index contributed by atoms with van der Waals surface area (Å²) >= 11 is 4.38. The van der Waals surface area contributed by atoms with E-state index in [1.165, 1.54) is 0 Å². The Balaban J connectivity index is 2.47. The molecule has 0 bridgehead atoms. The van der Waals surface area contributed by atoms with Gasteiger partial charge in [0.05, 0.1) is 5.16 Å². The highest BCUT2D eigenvalue weighted by Gasteiger charge is 2.15. The first-order chi connectivity index (χ1) is 12.9. The average molecular weight is 387 g/mol. The van der Waals surface area contributed by atoms with Crippen molar-refractivity contribution in [2.24, 2.45) is 4.99 Å². The van der Waals surface area contributed by atoms with E-state index in [9.17, 15) is 13.2 Å². The van der Waals surface area contributed by atoms with Gasteiger partial charge in [0.1, 0.15) is 11.5 Å². The molecule has 5 heteroatoms. The maximum atomic E-state index is 14.9. The SMILES string of the molecule is CCCCc1ccc(C#Cc2cc(F)c(N=C=S)c(F)c2)c(C(C)C)c1F. The van der Waals surface area contributed by atoms with E-state index in [1.54, 1.807) is 12.1 Å². The minimum Gasteiger partial charge on any atom is -0.206 e. The Morgan fingerprint density at radius 3 is 2.30 bits per heavy atom. The van der Waals surface area contributed by atoms with E-state index in [-0.39, 0.29) is 17.3 Å². The van der Waals surface area contributed by atoms with Crippen LogP contribution in [0.4, 0.5) is 18.9 Å². The van der Waals surface area contributed by atoms with Gasteiger partial charge in [0.25, 0.3) is 0 Å². The fraction of sp³-hybridized carbons (Fsp3) is 0.318. The van der Waals surface area contributed by atoms with Crippen molar-refractivity contribution in [3.05, 3.63) is 64.0 Å². The standard InChI is InChI=1S/C22H20F3NS/c1-4-5-6-17-10-9-16(20(14(2)3)21(17)25)8-7-15-11-18(23)22(26-13-27)19(24)12-15/h9-12,14H,4-6H2,1-3H3. The maximum absolute atomic E-state index is 14.9. The van der Waals surface area contributed by atoms with Crippen LogP contribution in [0.2, 0.25) is 0 Å². The molecule has 0 fully saturated rings. The van der Waals surface area contributed by atoms with E-state index in [0.717, 1.165) is 25.0 Å². The number of unbranched alkanes of at least 4 members (excludes halogenated alkanes) is 1. The van der Waals surface area contributed by atoms with Gasteiger partial charge in [0.2, 0.25) is 0 Å². The third kappa shape index (κ3) is 5.07. The highest BCUT2D eigenvalue weighted by atomic mass is 32.1. The van der Waals surface area contributed by atoms with Crippen LogP contribution in [0.1, 0.15) is 61.8 Å². The van der Waals surface area contributed by atoms with Crippen LogP contribution in [0.15, 0.2) is 29.3 Å². The number of halogens is 3. The molecule has 0 spiro atoms. The van der Waals surface area contributed by atoms with Gasteiger partial charge >= 0.3 is 0 Å². The zero-order valence-corrected chi connectivity index (χ0v) is 16.3. The van der Waals surface area contributed by atoms with Gasteiger partial charge in [-0.2, -0.15) is 4.99 Å². The number of hydrogen-bond donors (Lipinski definition) is 0. The van der Waals surface area contributed by atoms with Crippen LogP contribution in [-0.4, -0.2) is 5.16 Å². The molecule has 0 aliphatic carbocycles. The number of benzene rings is 2. The Morgan fingerprint density at radius 1 is 1.07 bits per heavy atom. The molecule has 0 aliphatic rings. The van der Waals surface area contributed by atoms with E-state index in [1.807, 2.05) is 19.0 Å². The quantitative estimate of drug-likeness (QED) is 0.316. The van der Waals surface area contributed by atoms with Gasteiger partial charge in [-0.1, -0.05) is 45.1 Å². The molecule has 0 radical (unpaired) electrons. The molecule has 0 unspecified atom stereocenters. The molecule has 0 saturated carbocycles. The molecule has 2 aromatic carbocycles. The van der Waals surface area contributed by atoms with Crippen molar-refractivity contribution < 1.29 is 13.2 Å². The topological polar surface area (TPSA) is 12.4 Å². The predicted octanol–water partition coefficient (Wildman–Crippen LogP) is 6.70. The van der Waals surface area contributed by atoms with E-state index in [4.69, 9.17) is 0 Å². The molecule has 0 N–H and O–H groups in total. The monoisotopic (exact) mass is 387 g/mol. The Labute approximate surface area is 163 Å². The van der Waals surface area contributed by atoms with Crippen molar-refractivity contribution in [3.8, 4) is 11.8 Å². The number of rotatable bonds is 5. The van der Waals surface area contributed by atoms with Crippen LogP contribution in [-0.2, 0) is 6.42 Å². The van der Waals surface area contributed by atoms with Crippen molar-refractivity contribution >= 4 is 23.1 Å². The van der Waals surface area contributed by atoms with Crippen LogP contribution >= 0.6 is 12.2 Å². The highest BCUT2D eigenvalue weighted by molar-refractivity contribution is 7.78.